The second-order valence-corrected chi connectivity index (χ2v) is 5.13. The second kappa shape index (κ2) is 7.96. The van der Waals surface area contributed by atoms with Crippen molar-refractivity contribution in [1.29, 1.82) is 0 Å². The topological polar surface area (TPSA) is 56.2 Å². The Bertz CT molecular complexity index is 683. The van der Waals surface area contributed by atoms with Crippen LogP contribution in [-0.4, -0.2) is 28.5 Å². The summed E-state index contributed by atoms with van der Waals surface area (Å²) in [6.45, 7) is 1.45. The van der Waals surface area contributed by atoms with Gasteiger partial charge in [0.15, 0.2) is 0 Å². The molecule has 1 heterocycles. The highest BCUT2D eigenvalue weighted by Crippen LogP contribution is 2.16. The Balaban J connectivity index is 1.91. The van der Waals surface area contributed by atoms with E-state index in [1.54, 1.807) is 29.1 Å². The molecule has 0 spiro atoms. The third-order valence-corrected chi connectivity index (χ3v) is 3.26. The van der Waals surface area contributed by atoms with E-state index in [9.17, 15) is 18.0 Å². The number of alkyl halides is 3. The number of ether oxygens (including phenoxy) is 1. The number of amides is 1. The number of aryl methyl sites for hydroxylation is 1. The lowest BCUT2D eigenvalue weighted by Crippen LogP contribution is -2.24. The van der Waals surface area contributed by atoms with Crippen molar-refractivity contribution in [2.24, 2.45) is 0 Å². The summed E-state index contributed by atoms with van der Waals surface area (Å²) in [7, 11) is 0. The molecule has 0 atom stereocenters. The molecule has 0 aliphatic heterocycles. The molecule has 0 bridgehead atoms. The minimum atomic E-state index is -4.36. The van der Waals surface area contributed by atoms with Crippen molar-refractivity contribution in [2.45, 2.75) is 32.8 Å². The number of carbonyl (C=O) groups is 1. The highest BCUT2D eigenvalue weighted by Gasteiger charge is 2.27. The molecular weight excluding hydrogens is 323 g/mol. The smallest absolute Gasteiger partial charge is 0.367 e. The maximum Gasteiger partial charge on any atom is 0.411 e. The van der Waals surface area contributed by atoms with Crippen LogP contribution in [-0.2, 0) is 24.4 Å². The number of nitrogens with one attached hydrogen (secondary N) is 1. The zero-order valence-corrected chi connectivity index (χ0v) is 13.1. The fourth-order valence-corrected chi connectivity index (χ4v) is 2.15. The highest BCUT2D eigenvalue weighted by atomic mass is 19.4. The number of benzene rings is 1. The number of hydrogen-bond donors (Lipinski definition) is 1. The summed E-state index contributed by atoms with van der Waals surface area (Å²) in [5.41, 5.74) is 1.74. The summed E-state index contributed by atoms with van der Waals surface area (Å²) in [6, 6.07) is 8.14. The van der Waals surface area contributed by atoms with Crippen LogP contribution in [0.5, 0.6) is 0 Å². The Kier molecular flexibility index (Phi) is 5.97. The molecule has 1 amide bonds. The summed E-state index contributed by atoms with van der Waals surface area (Å²) in [5.74, 6) is -0.309. The molecule has 0 aliphatic carbocycles. The van der Waals surface area contributed by atoms with Crippen LogP contribution in [0.3, 0.4) is 0 Å². The normalized spacial score (nSPS) is 11.5. The van der Waals surface area contributed by atoms with Gasteiger partial charge in [0.05, 0.1) is 18.8 Å². The standard InChI is InChI=1S/C16H18F3N3O2/c1-2-22-14(6-7-21-22)9-20-15(23)13-5-3-4-12(8-13)10-24-11-16(17,18)19/h3-8H,2,9-11H2,1H3,(H,20,23). The third-order valence-electron chi connectivity index (χ3n) is 3.26. The molecular formula is C16H18F3N3O2. The van der Waals surface area contributed by atoms with Gasteiger partial charge in [-0.25, -0.2) is 0 Å². The van der Waals surface area contributed by atoms with E-state index in [0.29, 0.717) is 24.2 Å². The average molecular weight is 341 g/mol. The van der Waals surface area contributed by atoms with Crippen LogP contribution in [0.15, 0.2) is 36.5 Å². The molecule has 2 aromatic rings. The van der Waals surface area contributed by atoms with E-state index in [1.165, 1.54) is 6.07 Å². The minimum Gasteiger partial charge on any atom is -0.367 e. The Labute approximate surface area is 137 Å². The Morgan fingerprint density at radius 1 is 1.33 bits per heavy atom. The molecule has 0 fully saturated rings. The summed E-state index contributed by atoms with van der Waals surface area (Å²) in [6.07, 6.45) is -2.71. The summed E-state index contributed by atoms with van der Waals surface area (Å²) >= 11 is 0. The Hall–Kier alpha value is -2.35. The molecule has 1 aromatic carbocycles. The largest absolute Gasteiger partial charge is 0.411 e. The van der Waals surface area contributed by atoms with Crippen LogP contribution in [0.2, 0.25) is 0 Å². The minimum absolute atomic E-state index is 0.205. The number of halogens is 3. The van der Waals surface area contributed by atoms with E-state index < -0.39 is 12.8 Å². The van der Waals surface area contributed by atoms with E-state index >= 15 is 0 Å². The summed E-state index contributed by atoms with van der Waals surface area (Å²) < 4.78 is 42.6. The zero-order valence-electron chi connectivity index (χ0n) is 13.1. The average Bonchev–Trinajstić information content (AvgIpc) is 2.99. The van der Waals surface area contributed by atoms with Gasteiger partial charge in [0.1, 0.15) is 6.61 Å². The molecule has 1 aromatic heterocycles. The first-order valence-electron chi connectivity index (χ1n) is 7.41. The van der Waals surface area contributed by atoms with Crippen LogP contribution in [0.1, 0.15) is 28.5 Å². The predicted molar refractivity (Wildman–Crippen MR) is 81.2 cm³/mol. The van der Waals surface area contributed by atoms with E-state index in [-0.39, 0.29) is 12.5 Å². The zero-order chi connectivity index (χ0) is 17.6. The van der Waals surface area contributed by atoms with E-state index in [0.717, 1.165) is 5.69 Å². The molecule has 130 valence electrons. The molecule has 0 radical (unpaired) electrons. The van der Waals surface area contributed by atoms with Crippen molar-refractivity contribution in [3.63, 3.8) is 0 Å². The Morgan fingerprint density at radius 2 is 2.12 bits per heavy atom. The van der Waals surface area contributed by atoms with Gasteiger partial charge in [0.2, 0.25) is 0 Å². The number of nitrogens with zero attached hydrogens (tertiary/aromatic N) is 2. The van der Waals surface area contributed by atoms with Gasteiger partial charge >= 0.3 is 6.18 Å². The van der Waals surface area contributed by atoms with Crippen LogP contribution >= 0.6 is 0 Å². The van der Waals surface area contributed by atoms with Gasteiger partial charge in [0, 0.05) is 18.3 Å². The monoisotopic (exact) mass is 341 g/mol. The third kappa shape index (κ3) is 5.38. The van der Waals surface area contributed by atoms with Gasteiger partial charge in [-0.1, -0.05) is 12.1 Å². The first-order valence-corrected chi connectivity index (χ1v) is 7.41. The quantitative estimate of drug-likeness (QED) is 0.842. The van der Waals surface area contributed by atoms with E-state index in [2.05, 4.69) is 15.2 Å². The van der Waals surface area contributed by atoms with Gasteiger partial charge in [-0.15, -0.1) is 0 Å². The van der Waals surface area contributed by atoms with E-state index in [1.807, 2.05) is 13.0 Å². The van der Waals surface area contributed by atoms with Crippen LogP contribution < -0.4 is 5.32 Å². The molecule has 24 heavy (non-hydrogen) atoms. The number of aromatic nitrogens is 2. The molecule has 1 N–H and O–H groups in total. The van der Waals surface area contributed by atoms with Gasteiger partial charge in [0.25, 0.3) is 5.91 Å². The van der Waals surface area contributed by atoms with Gasteiger partial charge in [-0.3, -0.25) is 9.48 Å². The fourth-order valence-electron chi connectivity index (χ4n) is 2.15. The van der Waals surface area contributed by atoms with Gasteiger partial charge in [-0.05, 0) is 30.7 Å². The second-order valence-electron chi connectivity index (χ2n) is 5.13. The lowest BCUT2D eigenvalue weighted by molar-refractivity contribution is -0.176. The molecule has 0 saturated carbocycles. The highest BCUT2D eigenvalue weighted by molar-refractivity contribution is 5.94. The molecule has 2 rings (SSSR count). The van der Waals surface area contributed by atoms with Crippen molar-refractivity contribution in [2.75, 3.05) is 6.61 Å². The van der Waals surface area contributed by atoms with Crippen molar-refractivity contribution >= 4 is 5.91 Å². The molecule has 8 heteroatoms. The van der Waals surface area contributed by atoms with Crippen molar-refractivity contribution < 1.29 is 22.7 Å². The first-order chi connectivity index (χ1) is 11.4. The SMILES string of the molecule is CCn1nccc1CNC(=O)c1cccc(COCC(F)(F)F)c1. The maximum atomic E-state index is 12.2. The fraction of sp³-hybridized carbons (Fsp3) is 0.375. The lowest BCUT2D eigenvalue weighted by atomic mass is 10.1. The van der Waals surface area contributed by atoms with Crippen LogP contribution in [0, 0.1) is 0 Å². The summed E-state index contributed by atoms with van der Waals surface area (Å²) in [5, 5.41) is 6.87. The maximum absolute atomic E-state index is 12.2. The number of rotatable bonds is 7. The first kappa shape index (κ1) is 18.0. The Morgan fingerprint density at radius 3 is 2.83 bits per heavy atom. The molecule has 5 nitrogen and oxygen atoms in total. The number of hydrogen-bond acceptors (Lipinski definition) is 3. The van der Waals surface area contributed by atoms with Crippen LogP contribution in [0.4, 0.5) is 13.2 Å². The molecule has 0 aliphatic rings. The molecule has 0 unspecified atom stereocenters. The van der Waals surface area contributed by atoms with Gasteiger partial charge in [-0.2, -0.15) is 18.3 Å². The molecule has 0 saturated heterocycles. The van der Waals surface area contributed by atoms with Gasteiger partial charge < -0.3 is 10.1 Å². The number of carbonyl (C=O) groups excluding carboxylic acids is 1. The predicted octanol–water partition coefficient (Wildman–Crippen LogP) is 2.91. The van der Waals surface area contributed by atoms with E-state index in [4.69, 9.17) is 0 Å². The lowest BCUT2D eigenvalue weighted by Gasteiger charge is -2.10. The van der Waals surface area contributed by atoms with Crippen molar-refractivity contribution in [1.82, 2.24) is 15.1 Å². The summed E-state index contributed by atoms with van der Waals surface area (Å²) in [4.78, 5) is 12.2. The van der Waals surface area contributed by atoms with Crippen molar-refractivity contribution in [3.8, 4) is 0 Å². The van der Waals surface area contributed by atoms with Crippen LogP contribution in [0.25, 0.3) is 0 Å². The van der Waals surface area contributed by atoms with Crippen molar-refractivity contribution in [3.05, 3.63) is 53.3 Å².